The Morgan fingerprint density at radius 2 is 1.89 bits per heavy atom. The van der Waals surface area contributed by atoms with Crippen molar-refractivity contribution in [2.45, 2.75) is 31.6 Å². The van der Waals surface area contributed by atoms with Crippen LogP contribution in [-0.4, -0.2) is 30.6 Å². The zero-order valence-corrected chi connectivity index (χ0v) is 15.4. The van der Waals surface area contributed by atoms with Gasteiger partial charge in [0.1, 0.15) is 5.82 Å². The number of rotatable bonds is 7. The predicted octanol–water partition coefficient (Wildman–Crippen LogP) is 3.64. The Balaban J connectivity index is 1.46. The van der Waals surface area contributed by atoms with Gasteiger partial charge in [-0.1, -0.05) is 12.1 Å². The van der Waals surface area contributed by atoms with Gasteiger partial charge in [0.2, 0.25) is 0 Å². The number of primary amides is 1. The molecule has 2 heterocycles. The lowest BCUT2D eigenvalue weighted by Crippen LogP contribution is -2.16. The average molecular weight is 366 g/mol. The summed E-state index contributed by atoms with van der Waals surface area (Å²) in [4.78, 5) is 16.0. The molecule has 0 unspecified atom stereocenters. The van der Waals surface area contributed by atoms with E-state index in [2.05, 4.69) is 39.9 Å². The van der Waals surface area contributed by atoms with Crippen molar-refractivity contribution in [2.24, 2.45) is 11.7 Å². The molecule has 6 nitrogen and oxygen atoms in total. The molecule has 1 aromatic carbocycles. The van der Waals surface area contributed by atoms with Crippen LogP contribution < -0.4 is 16.4 Å². The van der Waals surface area contributed by atoms with E-state index in [0.717, 1.165) is 44.0 Å². The van der Waals surface area contributed by atoms with E-state index in [1.165, 1.54) is 24.6 Å². The smallest absolute Gasteiger partial charge is 0.252 e. The Morgan fingerprint density at radius 1 is 1.15 bits per heavy atom. The Labute approximate surface area is 159 Å². The third kappa shape index (κ3) is 4.57. The van der Waals surface area contributed by atoms with E-state index >= 15 is 0 Å². The fraction of sp³-hybridized carbons (Fsp3) is 0.429. The highest BCUT2D eigenvalue weighted by Crippen LogP contribution is 2.31. The first-order chi connectivity index (χ1) is 13.2. The average Bonchev–Trinajstić information content (AvgIpc) is 3.52. The van der Waals surface area contributed by atoms with Crippen molar-refractivity contribution in [3.8, 4) is 0 Å². The first kappa shape index (κ1) is 17.8. The second-order valence-electron chi connectivity index (χ2n) is 7.44. The fourth-order valence-corrected chi connectivity index (χ4v) is 3.46. The fourth-order valence-electron chi connectivity index (χ4n) is 3.46. The second-order valence-corrected chi connectivity index (χ2v) is 7.44. The second kappa shape index (κ2) is 7.96. The minimum atomic E-state index is -0.465. The van der Waals surface area contributed by atoms with E-state index in [4.69, 9.17) is 10.5 Å². The molecule has 1 saturated carbocycles. The number of anilines is 3. The summed E-state index contributed by atoms with van der Waals surface area (Å²) in [5.74, 6) is 1.51. The predicted molar refractivity (Wildman–Crippen MR) is 106 cm³/mol. The van der Waals surface area contributed by atoms with Crippen LogP contribution in [0.1, 0.15) is 47.5 Å². The molecule has 6 heteroatoms. The number of nitrogens with two attached hydrogens (primary N) is 1. The summed E-state index contributed by atoms with van der Waals surface area (Å²) in [6.45, 7) is 2.55. The summed E-state index contributed by atoms with van der Waals surface area (Å²) in [7, 11) is 0. The van der Waals surface area contributed by atoms with E-state index in [0.29, 0.717) is 23.2 Å². The minimum Gasteiger partial charge on any atom is -0.384 e. The topological polar surface area (TPSA) is 89.3 Å². The van der Waals surface area contributed by atoms with Gasteiger partial charge in [0.05, 0.1) is 11.3 Å². The third-order valence-corrected chi connectivity index (χ3v) is 5.32. The number of carbonyl (C=O) groups is 1. The van der Waals surface area contributed by atoms with Crippen molar-refractivity contribution < 1.29 is 9.53 Å². The number of ether oxygens (including phenoxy) is 1. The SMILES string of the molecule is NC(=O)c1cnc(Nc2ccc(C3CCOCC3)cc2)cc1NCC1CC1. The quantitative estimate of drug-likeness (QED) is 0.696. The number of pyridine rings is 1. The maximum atomic E-state index is 11.7. The summed E-state index contributed by atoms with van der Waals surface area (Å²) in [5, 5.41) is 6.66. The zero-order chi connectivity index (χ0) is 18.6. The first-order valence-electron chi connectivity index (χ1n) is 9.67. The molecule has 0 radical (unpaired) electrons. The molecule has 1 saturated heterocycles. The Hall–Kier alpha value is -2.60. The van der Waals surface area contributed by atoms with Crippen LogP contribution >= 0.6 is 0 Å². The van der Waals surface area contributed by atoms with Gasteiger partial charge in [0.25, 0.3) is 5.91 Å². The number of carbonyl (C=O) groups excluding carboxylic acids is 1. The van der Waals surface area contributed by atoms with Gasteiger partial charge in [-0.2, -0.15) is 0 Å². The van der Waals surface area contributed by atoms with Crippen molar-refractivity contribution in [1.82, 2.24) is 4.98 Å². The molecule has 1 aliphatic carbocycles. The normalized spacial score (nSPS) is 17.5. The van der Waals surface area contributed by atoms with Crippen LogP contribution in [-0.2, 0) is 4.74 Å². The summed E-state index contributed by atoms with van der Waals surface area (Å²) < 4.78 is 5.44. The third-order valence-electron chi connectivity index (χ3n) is 5.32. The molecule has 1 amide bonds. The highest BCUT2D eigenvalue weighted by Gasteiger charge is 2.22. The molecule has 4 rings (SSSR count). The van der Waals surface area contributed by atoms with Crippen molar-refractivity contribution in [3.63, 3.8) is 0 Å². The standard InChI is InChI=1S/C21H26N4O2/c22-21(26)18-13-24-20(11-19(18)23-12-14-1-2-14)25-17-5-3-15(4-6-17)16-7-9-27-10-8-16/h3-6,11,13-14,16H,1-2,7-10,12H2,(H2,22,26)(H2,23,24,25). The Bertz CT molecular complexity index is 796. The summed E-state index contributed by atoms with van der Waals surface area (Å²) >= 11 is 0. The highest BCUT2D eigenvalue weighted by molar-refractivity contribution is 5.98. The summed E-state index contributed by atoms with van der Waals surface area (Å²) in [6.07, 6.45) is 6.19. The van der Waals surface area contributed by atoms with E-state index in [1.54, 1.807) is 0 Å². The first-order valence-corrected chi connectivity index (χ1v) is 9.67. The van der Waals surface area contributed by atoms with Crippen LogP contribution in [0.2, 0.25) is 0 Å². The van der Waals surface area contributed by atoms with Gasteiger partial charge in [0, 0.05) is 37.7 Å². The molecular formula is C21H26N4O2. The molecule has 2 aliphatic rings. The van der Waals surface area contributed by atoms with Gasteiger partial charge in [-0.05, 0) is 55.2 Å². The lowest BCUT2D eigenvalue weighted by atomic mass is 9.92. The number of nitrogens with one attached hydrogen (secondary N) is 2. The molecule has 0 bridgehead atoms. The minimum absolute atomic E-state index is 0.427. The Kier molecular flexibility index (Phi) is 5.25. The number of benzene rings is 1. The lowest BCUT2D eigenvalue weighted by Gasteiger charge is -2.22. The van der Waals surface area contributed by atoms with Gasteiger partial charge in [0.15, 0.2) is 0 Å². The van der Waals surface area contributed by atoms with Crippen molar-refractivity contribution in [2.75, 3.05) is 30.4 Å². The van der Waals surface area contributed by atoms with Gasteiger partial charge in [-0.3, -0.25) is 4.79 Å². The number of hydrogen-bond acceptors (Lipinski definition) is 5. The lowest BCUT2D eigenvalue weighted by molar-refractivity contribution is 0.0853. The van der Waals surface area contributed by atoms with Gasteiger partial charge < -0.3 is 21.1 Å². The monoisotopic (exact) mass is 366 g/mol. The van der Waals surface area contributed by atoms with E-state index in [9.17, 15) is 4.79 Å². The Morgan fingerprint density at radius 3 is 2.56 bits per heavy atom. The molecule has 1 aliphatic heterocycles. The van der Waals surface area contributed by atoms with Crippen LogP contribution in [0.3, 0.4) is 0 Å². The summed E-state index contributed by atoms with van der Waals surface area (Å²) in [6, 6.07) is 10.3. The molecule has 142 valence electrons. The highest BCUT2D eigenvalue weighted by atomic mass is 16.5. The summed E-state index contributed by atoms with van der Waals surface area (Å²) in [5.41, 5.74) is 8.97. The van der Waals surface area contributed by atoms with Gasteiger partial charge >= 0.3 is 0 Å². The van der Waals surface area contributed by atoms with Crippen molar-refractivity contribution in [3.05, 3.63) is 47.7 Å². The zero-order valence-electron chi connectivity index (χ0n) is 15.4. The van der Waals surface area contributed by atoms with E-state index in [1.807, 2.05) is 6.07 Å². The number of aromatic nitrogens is 1. The molecule has 4 N–H and O–H groups in total. The molecule has 0 spiro atoms. The number of amides is 1. The van der Waals surface area contributed by atoms with Gasteiger partial charge in [-0.15, -0.1) is 0 Å². The molecular weight excluding hydrogens is 340 g/mol. The molecule has 27 heavy (non-hydrogen) atoms. The molecule has 0 atom stereocenters. The van der Waals surface area contributed by atoms with E-state index in [-0.39, 0.29) is 0 Å². The van der Waals surface area contributed by atoms with Crippen LogP contribution in [0.15, 0.2) is 36.5 Å². The van der Waals surface area contributed by atoms with Crippen LogP contribution in [0, 0.1) is 5.92 Å². The number of nitrogens with zero attached hydrogens (tertiary/aromatic N) is 1. The van der Waals surface area contributed by atoms with Crippen molar-refractivity contribution >= 4 is 23.1 Å². The molecule has 1 aromatic heterocycles. The largest absolute Gasteiger partial charge is 0.384 e. The maximum absolute atomic E-state index is 11.7. The van der Waals surface area contributed by atoms with Crippen LogP contribution in [0.25, 0.3) is 0 Å². The van der Waals surface area contributed by atoms with Crippen molar-refractivity contribution in [1.29, 1.82) is 0 Å². The number of hydrogen-bond donors (Lipinski definition) is 3. The molecule has 2 aromatic rings. The van der Waals surface area contributed by atoms with Gasteiger partial charge in [-0.25, -0.2) is 4.98 Å². The van der Waals surface area contributed by atoms with E-state index < -0.39 is 5.91 Å². The van der Waals surface area contributed by atoms with Crippen LogP contribution in [0.4, 0.5) is 17.2 Å². The molecule has 2 fully saturated rings. The van der Waals surface area contributed by atoms with Crippen LogP contribution in [0.5, 0.6) is 0 Å². The maximum Gasteiger partial charge on any atom is 0.252 e.